The quantitative estimate of drug-likeness (QED) is 0.0987. The van der Waals surface area contributed by atoms with Gasteiger partial charge < -0.3 is 14.7 Å². The molecule has 10 rings (SSSR count). The molecule has 302 valence electrons. The molecule has 61 heavy (non-hydrogen) atoms. The molecule has 10 nitrogen and oxygen atoms in total. The summed E-state index contributed by atoms with van der Waals surface area (Å²) in [4.78, 5) is 63.2. The van der Waals surface area contributed by atoms with E-state index in [1.54, 1.807) is 48.7 Å². The van der Waals surface area contributed by atoms with Crippen molar-refractivity contribution >= 4 is 51.7 Å². The van der Waals surface area contributed by atoms with Gasteiger partial charge in [0, 0.05) is 49.2 Å². The van der Waals surface area contributed by atoms with Crippen molar-refractivity contribution in [1.82, 2.24) is 0 Å². The molecular weight excluding hydrogens is 765 g/mol. The van der Waals surface area contributed by atoms with E-state index in [1.165, 1.54) is 11.0 Å². The highest BCUT2D eigenvalue weighted by Crippen LogP contribution is 2.63. The molecule has 2 amide bonds. The van der Waals surface area contributed by atoms with E-state index in [-0.39, 0.29) is 35.6 Å². The largest absolute Gasteiger partial charge is 0.508 e. The van der Waals surface area contributed by atoms with E-state index in [0.717, 1.165) is 22.4 Å². The molecule has 1 saturated heterocycles. The minimum atomic E-state index is -1.38. The van der Waals surface area contributed by atoms with Crippen molar-refractivity contribution in [3.8, 4) is 11.5 Å². The van der Waals surface area contributed by atoms with Gasteiger partial charge in [-0.25, -0.2) is 0 Å². The van der Waals surface area contributed by atoms with Gasteiger partial charge in [0.25, 0.3) is 0 Å². The Hall–Kier alpha value is -7.20. The van der Waals surface area contributed by atoms with Gasteiger partial charge in [-0.3, -0.25) is 24.1 Å². The van der Waals surface area contributed by atoms with Crippen LogP contribution in [0.25, 0.3) is 5.57 Å². The number of amides is 2. The average Bonchev–Trinajstić information content (AvgIpc) is 3.55. The van der Waals surface area contributed by atoms with Crippen molar-refractivity contribution < 1.29 is 29.0 Å². The number of carbonyl (C=O) groups is 4. The van der Waals surface area contributed by atoms with Gasteiger partial charge in [-0.2, -0.15) is 10.2 Å². The van der Waals surface area contributed by atoms with Crippen LogP contribution in [0.15, 0.2) is 167 Å². The molecule has 0 bridgehead atoms. The lowest BCUT2D eigenvalue weighted by atomic mass is 9.44. The molecule has 5 aromatic carbocycles. The topological polar surface area (TPSA) is 129 Å². The lowest BCUT2D eigenvalue weighted by Crippen LogP contribution is -2.60. The number of phenols is 1. The van der Waals surface area contributed by atoms with E-state index < -0.39 is 35.0 Å². The first kappa shape index (κ1) is 38.0. The summed E-state index contributed by atoms with van der Waals surface area (Å²) < 4.78 is 6.24. The van der Waals surface area contributed by atoms with Gasteiger partial charge in [-0.1, -0.05) is 72.3 Å². The SMILES string of the molecule is CN(C)c1ccc(N=Nc2ccc(N3C(=O)[C@H]4[C@H](CC=C5[C@H](C6=COc7ccc(O)cc7C6)[C@]6(c7ccccc7)C(=O)C=C(c7ccccc7)C(=O)[C@@H]6C[C@H]54)C3=O)cc2)cc1. The zero-order chi connectivity index (χ0) is 42.0. The van der Waals surface area contributed by atoms with Crippen LogP contribution in [0.5, 0.6) is 11.5 Å². The van der Waals surface area contributed by atoms with E-state index in [2.05, 4.69) is 10.2 Å². The summed E-state index contributed by atoms with van der Waals surface area (Å²) in [6.07, 6.45) is 6.07. The number of allylic oxidation sites excluding steroid dienone is 5. The van der Waals surface area contributed by atoms with E-state index in [4.69, 9.17) is 4.74 Å². The van der Waals surface area contributed by atoms with Crippen LogP contribution >= 0.6 is 0 Å². The van der Waals surface area contributed by atoms with Gasteiger partial charge in [-0.15, -0.1) is 0 Å². The molecule has 2 heterocycles. The Morgan fingerprint density at radius 3 is 2.13 bits per heavy atom. The predicted octanol–water partition coefficient (Wildman–Crippen LogP) is 9.25. The van der Waals surface area contributed by atoms with E-state index in [9.17, 15) is 14.7 Å². The summed E-state index contributed by atoms with van der Waals surface area (Å²) in [6, 6.07) is 38.2. The number of benzene rings is 5. The Kier molecular flexibility index (Phi) is 9.23. The molecule has 5 aliphatic rings. The predicted molar refractivity (Wildman–Crippen MR) is 232 cm³/mol. The number of hydrogen-bond donors (Lipinski definition) is 1. The first-order valence-corrected chi connectivity index (χ1v) is 20.6. The Bertz CT molecular complexity index is 2740. The number of hydrogen-bond acceptors (Lipinski definition) is 9. The third-order valence-corrected chi connectivity index (χ3v) is 13.3. The van der Waals surface area contributed by atoms with Crippen molar-refractivity contribution in [3.05, 3.63) is 174 Å². The zero-order valence-corrected chi connectivity index (χ0v) is 33.6. The molecule has 1 saturated carbocycles. The van der Waals surface area contributed by atoms with Crippen molar-refractivity contribution in [2.24, 2.45) is 39.8 Å². The number of azo groups is 1. The smallest absolute Gasteiger partial charge is 0.238 e. The molecule has 1 N–H and O–H groups in total. The average molecular weight is 807 g/mol. The summed E-state index contributed by atoms with van der Waals surface area (Å²) in [6.45, 7) is 0. The number of ketones is 2. The van der Waals surface area contributed by atoms with Crippen LogP contribution in [0.3, 0.4) is 0 Å². The van der Waals surface area contributed by atoms with Crippen LogP contribution in [0.4, 0.5) is 22.7 Å². The van der Waals surface area contributed by atoms with Crippen molar-refractivity contribution in [2.45, 2.75) is 24.7 Å². The van der Waals surface area contributed by atoms with Crippen LogP contribution < -0.4 is 14.5 Å². The second kappa shape index (κ2) is 14.8. The Balaban J connectivity index is 1.05. The summed E-state index contributed by atoms with van der Waals surface area (Å²) in [5.41, 5.74) is 5.40. The standard InChI is InChI=1S/C51H42N4O6/c1-54(2)36-17-13-34(14-18-36)52-53-35-15-19-37(20-16-35)55-49(59)40-23-22-39-42(46(40)50(55)60)27-43-48(58)41(30-9-5-3-6-10-30)28-45(57)51(43,33-11-7-4-8-12-33)47(39)32-25-31-26-38(56)21-24-44(31)61-29-32/h3-22,24,26,28-29,40,42-43,46-47,56H,23,25,27H2,1-2H3/t40-,42+,43-,46-,47-,51-/m0/s1. The lowest BCUT2D eigenvalue weighted by Gasteiger charge is -2.56. The van der Waals surface area contributed by atoms with Gasteiger partial charge in [0.1, 0.15) is 11.5 Å². The molecule has 5 aromatic rings. The van der Waals surface area contributed by atoms with Crippen molar-refractivity contribution in [3.63, 3.8) is 0 Å². The third kappa shape index (κ3) is 6.15. The normalized spacial score (nSPS) is 25.4. The number of aromatic hydroxyl groups is 1. The first-order chi connectivity index (χ1) is 29.6. The number of rotatable bonds is 7. The maximum Gasteiger partial charge on any atom is 0.238 e. The molecule has 0 spiro atoms. The summed E-state index contributed by atoms with van der Waals surface area (Å²) in [7, 11) is 3.94. The highest BCUT2D eigenvalue weighted by molar-refractivity contribution is 6.31. The molecule has 0 unspecified atom stereocenters. The first-order valence-electron chi connectivity index (χ1n) is 20.6. The Labute approximate surface area is 353 Å². The lowest BCUT2D eigenvalue weighted by molar-refractivity contribution is -0.136. The maximum atomic E-state index is 15.4. The molecule has 2 fully saturated rings. The molecule has 2 aliphatic heterocycles. The summed E-state index contributed by atoms with van der Waals surface area (Å²) in [5.74, 6) is -3.83. The second-order valence-electron chi connectivity index (χ2n) is 16.7. The number of imide groups is 1. The number of fused-ring (bicyclic) bond motifs is 5. The van der Waals surface area contributed by atoms with Gasteiger partial charge in [-0.05, 0) is 108 Å². The van der Waals surface area contributed by atoms with Gasteiger partial charge in [0.2, 0.25) is 11.8 Å². The monoisotopic (exact) mass is 806 g/mol. The minimum absolute atomic E-state index is 0.0843. The highest BCUT2D eigenvalue weighted by atomic mass is 16.5. The fraction of sp³-hybridized carbons (Fsp3) is 0.216. The van der Waals surface area contributed by atoms with Crippen molar-refractivity contribution in [1.29, 1.82) is 0 Å². The molecule has 0 aromatic heterocycles. The minimum Gasteiger partial charge on any atom is -0.508 e. The highest BCUT2D eigenvalue weighted by Gasteiger charge is 2.66. The Morgan fingerprint density at radius 2 is 1.44 bits per heavy atom. The number of phenolic OH excluding ortho intramolecular Hbond substituents is 1. The van der Waals surface area contributed by atoms with Crippen molar-refractivity contribution in [2.75, 3.05) is 23.9 Å². The fourth-order valence-corrected chi connectivity index (χ4v) is 10.5. The molecule has 10 heteroatoms. The van der Waals surface area contributed by atoms with Gasteiger partial charge in [0.15, 0.2) is 11.6 Å². The van der Waals surface area contributed by atoms with E-state index in [0.29, 0.717) is 52.4 Å². The third-order valence-electron chi connectivity index (χ3n) is 13.3. The number of anilines is 2. The number of ether oxygens (including phenoxy) is 1. The van der Waals surface area contributed by atoms with E-state index in [1.807, 2.05) is 110 Å². The van der Waals surface area contributed by atoms with Gasteiger partial charge in [0.05, 0.1) is 40.6 Å². The number of nitrogens with zero attached hydrogens (tertiary/aromatic N) is 4. The second-order valence-corrected chi connectivity index (χ2v) is 16.7. The number of carbonyl (C=O) groups excluding carboxylic acids is 4. The van der Waals surface area contributed by atoms with Crippen LogP contribution in [0.2, 0.25) is 0 Å². The van der Waals surface area contributed by atoms with Gasteiger partial charge >= 0.3 is 0 Å². The Morgan fingerprint density at radius 1 is 0.770 bits per heavy atom. The zero-order valence-electron chi connectivity index (χ0n) is 33.6. The number of Topliss-reactive ketones (excluding diaryl/α,β-unsaturated/α-hetero) is 1. The van der Waals surface area contributed by atoms with E-state index >= 15 is 9.59 Å². The van der Waals surface area contributed by atoms with Crippen LogP contribution in [-0.4, -0.2) is 42.6 Å². The van der Waals surface area contributed by atoms with Crippen LogP contribution in [0.1, 0.15) is 29.5 Å². The summed E-state index contributed by atoms with van der Waals surface area (Å²) >= 11 is 0. The van der Waals surface area contributed by atoms with Crippen LogP contribution in [0, 0.1) is 29.6 Å². The summed E-state index contributed by atoms with van der Waals surface area (Å²) in [5, 5.41) is 19.3. The maximum absolute atomic E-state index is 15.4. The molecule has 3 aliphatic carbocycles. The molecule has 6 atom stereocenters. The fourth-order valence-electron chi connectivity index (χ4n) is 10.5. The molecular formula is C51H42N4O6. The molecule has 0 radical (unpaired) electrons. The van der Waals surface area contributed by atoms with Crippen LogP contribution in [-0.2, 0) is 31.0 Å².